The molecule has 3 aromatic rings. The number of hydrogen-bond acceptors (Lipinski definition) is 4. The van der Waals surface area contributed by atoms with Crippen molar-refractivity contribution in [2.24, 2.45) is 0 Å². The summed E-state index contributed by atoms with van der Waals surface area (Å²) in [6.07, 6.45) is 4.17. The van der Waals surface area contributed by atoms with Crippen LogP contribution in [-0.4, -0.2) is 23.3 Å². The molecule has 28 heavy (non-hydrogen) atoms. The van der Waals surface area contributed by atoms with Crippen molar-refractivity contribution in [3.05, 3.63) is 60.3 Å². The summed E-state index contributed by atoms with van der Waals surface area (Å²) < 4.78 is 13.3. The molecule has 3 rings (SSSR count). The number of aromatic nitrogens is 2. The van der Waals surface area contributed by atoms with Gasteiger partial charge in [0.15, 0.2) is 0 Å². The number of para-hydroxylation sites is 1. The maximum absolute atomic E-state index is 5.56. The number of ether oxygens (including phenoxy) is 2. The fourth-order valence-corrected chi connectivity index (χ4v) is 3.20. The molecule has 0 radical (unpaired) electrons. The van der Waals surface area contributed by atoms with Gasteiger partial charge in [0, 0.05) is 24.2 Å². The zero-order chi connectivity index (χ0) is 19.8. The van der Waals surface area contributed by atoms with E-state index in [1.807, 2.05) is 43.5 Å². The Morgan fingerprint density at radius 2 is 1.82 bits per heavy atom. The SMILES string of the molecule is CCCCn1c(-c2ccc(OCC)cc2)cnc1NCc1ccccc1OC. The molecule has 0 spiro atoms. The summed E-state index contributed by atoms with van der Waals surface area (Å²) in [4.78, 5) is 4.65. The summed E-state index contributed by atoms with van der Waals surface area (Å²) in [5.41, 5.74) is 3.36. The third-order valence-corrected chi connectivity index (χ3v) is 4.68. The van der Waals surface area contributed by atoms with E-state index in [0.717, 1.165) is 53.7 Å². The van der Waals surface area contributed by atoms with Crippen molar-refractivity contribution in [2.75, 3.05) is 19.0 Å². The maximum Gasteiger partial charge on any atom is 0.203 e. The second-order valence-corrected chi connectivity index (χ2v) is 6.60. The minimum atomic E-state index is 0.663. The molecule has 0 amide bonds. The Morgan fingerprint density at radius 1 is 1.04 bits per heavy atom. The number of benzene rings is 2. The fourth-order valence-electron chi connectivity index (χ4n) is 3.20. The van der Waals surface area contributed by atoms with Crippen LogP contribution in [0, 0.1) is 0 Å². The van der Waals surface area contributed by atoms with Crippen LogP contribution >= 0.6 is 0 Å². The Bertz CT molecular complexity index is 872. The third-order valence-electron chi connectivity index (χ3n) is 4.68. The van der Waals surface area contributed by atoms with Gasteiger partial charge in [-0.2, -0.15) is 0 Å². The third kappa shape index (κ3) is 4.66. The first-order valence-corrected chi connectivity index (χ1v) is 9.91. The van der Waals surface area contributed by atoms with Crippen molar-refractivity contribution in [1.82, 2.24) is 9.55 Å². The van der Waals surface area contributed by atoms with Crippen molar-refractivity contribution in [3.8, 4) is 22.8 Å². The largest absolute Gasteiger partial charge is 0.496 e. The van der Waals surface area contributed by atoms with Crippen LogP contribution in [0.1, 0.15) is 32.3 Å². The fraction of sp³-hybridized carbons (Fsp3) is 0.348. The molecule has 0 fully saturated rings. The smallest absolute Gasteiger partial charge is 0.203 e. The van der Waals surface area contributed by atoms with Crippen LogP contribution in [0.3, 0.4) is 0 Å². The van der Waals surface area contributed by atoms with E-state index in [1.54, 1.807) is 7.11 Å². The number of nitrogens with zero attached hydrogens (tertiary/aromatic N) is 2. The van der Waals surface area contributed by atoms with Crippen LogP contribution in [0.5, 0.6) is 11.5 Å². The first kappa shape index (κ1) is 19.8. The van der Waals surface area contributed by atoms with Gasteiger partial charge in [0.1, 0.15) is 11.5 Å². The summed E-state index contributed by atoms with van der Waals surface area (Å²) in [5, 5.41) is 3.48. The molecule has 5 heteroatoms. The van der Waals surface area contributed by atoms with Gasteiger partial charge in [0.2, 0.25) is 5.95 Å². The number of rotatable bonds is 10. The molecule has 2 aromatic carbocycles. The minimum Gasteiger partial charge on any atom is -0.496 e. The normalized spacial score (nSPS) is 10.7. The molecule has 1 heterocycles. The van der Waals surface area contributed by atoms with Gasteiger partial charge in [-0.25, -0.2) is 4.98 Å². The summed E-state index contributed by atoms with van der Waals surface area (Å²) in [6, 6.07) is 16.3. The number of unbranched alkanes of at least 4 members (excludes halogenated alkanes) is 1. The van der Waals surface area contributed by atoms with E-state index in [-0.39, 0.29) is 0 Å². The summed E-state index contributed by atoms with van der Waals surface area (Å²) >= 11 is 0. The van der Waals surface area contributed by atoms with Gasteiger partial charge in [0.05, 0.1) is 25.6 Å². The van der Waals surface area contributed by atoms with Crippen LogP contribution in [0.25, 0.3) is 11.3 Å². The van der Waals surface area contributed by atoms with Crippen LogP contribution in [0.4, 0.5) is 5.95 Å². The van der Waals surface area contributed by atoms with Gasteiger partial charge in [-0.15, -0.1) is 0 Å². The van der Waals surface area contributed by atoms with Gasteiger partial charge in [-0.3, -0.25) is 0 Å². The Labute approximate surface area is 167 Å². The first-order valence-electron chi connectivity index (χ1n) is 9.91. The molecule has 148 valence electrons. The molecule has 0 aliphatic rings. The molecule has 0 saturated carbocycles. The molecule has 0 atom stereocenters. The van der Waals surface area contributed by atoms with Gasteiger partial charge in [0.25, 0.3) is 0 Å². The molecule has 1 N–H and O–H groups in total. The standard InChI is InChI=1S/C23H29N3O2/c1-4-6-15-26-21(18-11-13-20(14-12-18)28-5-2)17-25-23(26)24-16-19-9-7-8-10-22(19)27-3/h7-14,17H,4-6,15-16H2,1-3H3,(H,24,25). The Kier molecular flexibility index (Phi) is 6.95. The molecule has 0 aliphatic carbocycles. The molecular weight excluding hydrogens is 350 g/mol. The maximum atomic E-state index is 5.56. The quantitative estimate of drug-likeness (QED) is 0.514. The highest BCUT2D eigenvalue weighted by Gasteiger charge is 2.12. The first-order chi connectivity index (χ1) is 13.8. The predicted molar refractivity (Wildman–Crippen MR) is 114 cm³/mol. The highest BCUT2D eigenvalue weighted by atomic mass is 16.5. The van der Waals surface area contributed by atoms with Crippen molar-refractivity contribution in [1.29, 1.82) is 0 Å². The lowest BCUT2D eigenvalue weighted by Gasteiger charge is -2.14. The molecule has 0 aliphatic heterocycles. The summed E-state index contributed by atoms with van der Waals surface area (Å²) in [5.74, 6) is 2.65. The van der Waals surface area contributed by atoms with Gasteiger partial charge in [-0.05, 0) is 43.7 Å². The average molecular weight is 380 g/mol. The molecule has 0 bridgehead atoms. The van der Waals surface area contributed by atoms with Crippen molar-refractivity contribution in [3.63, 3.8) is 0 Å². The Balaban J connectivity index is 1.83. The predicted octanol–water partition coefficient (Wildman–Crippen LogP) is 5.37. The van der Waals surface area contributed by atoms with Gasteiger partial charge < -0.3 is 19.4 Å². The number of hydrogen-bond donors (Lipinski definition) is 1. The zero-order valence-electron chi connectivity index (χ0n) is 16.9. The highest BCUT2D eigenvalue weighted by molar-refractivity contribution is 5.62. The number of imidazole rings is 1. The average Bonchev–Trinajstić information content (AvgIpc) is 3.14. The Hall–Kier alpha value is -2.95. The van der Waals surface area contributed by atoms with E-state index in [4.69, 9.17) is 9.47 Å². The lowest BCUT2D eigenvalue weighted by atomic mass is 10.1. The Morgan fingerprint density at radius 3 is 2.54 bits per heavy atom. The van der Waals surface area contributed by atoms with E-state index in [1.165, 1.54) is 0 Å². The molecular formula is C23H29N3O2. The van der Waals surface area contributed by atoms with Crippen molar-refractivity contribution < 1.29 is 9.47 Å². The van der Waals surface area contributed by atoms with E-state index in [9.17, 15) is 0 Å². The lowest BCUT2D eigenvalue weighted by molar-refractivity contribution is 0.340. The number of methoxy groups -OCH3 is 1. The van der Waals surface area contributed by atoms with Gasteiger partial charge in [-0.1, -0.05) is 31.5 Å². The van der Waals surface area contributed by atoms with Crippen molar-refractivity contribution in [2.45, 2.75) is 39.8 Å². The monoisotopic (exact) mass is 379 g/mol. The topological polar surface area (TPSA) is 48.3 Å². The minimum absolute atomic E-state index is 0.663. The van der Waals surface area contributed by atoms with Crippen molar-refractivity contribution >= 4 is 5.95 Å². The number of anilines is 1. The second-order valence-electron chi connectivity index (χ2n) is 6.60. The van der Waals surface area contributed by atoms with Crippen LogP contribution in [0.2, 0.25) is 0 Å². The van der Waals surface area contributed by atoms with Crippen LogP contribution in [0.15, 0.2) is 54.7 Å². The van der Waals surface area contributed by atoms with Crippen LogP contribution < -0.4 is 14.8 Å². The molecule has 1 aromatic heterocycles. The molecule has 0 unspecified atom stereocenters. The zero-order valence-corrected chi connectivity index (χ0v) is 16.9. The van der Waals surface area contributed by atoms with Crippen LogP contribution in [-0.2, 0) is 13.1 Å². The molecule has 5 nitrogen and oxygen atoms in total. The number of nitrogens with one attached hydrogen (secondary N) is 1. The lowest BCUT2D eigenvalue weighted by Crippen LogP contribution is -2.09. The van der Waals surface area contributed by atoms with E-state index < -0.39 is 0 Å². The van der Waals surface area contributed by atoms with E-state index in [0.29, 0.717) is 13.2 Å². The highest BCUT2D eigenvalue weighted by Crippen LogP contribution is 2.27. The molecule has 0 saturated heterocycles. The van der Waals surface area contributed by atoms with Gasteiger partial charge >= 0.3 is 0 Å². The van der Waals surface area contributed by atoms with E-state index in [2.05, 4.69) is 40.0 Å². The van der Waals surface area contributed by atoms with E-state index >= 15 is 0 Å². The second kappa shape index (κ2) is 9.83. The summed E-state index contributed by atoms with van der Waals surface area (Å²) in [6.45, 7) is 6.46. The summed E-state index contributed by atoms with van der Waals surface area (Å²) in [7, 11) is 1.70.